The molecule has 2 N–H and O–H groups in total. The summed E-state index contributed by atoms with van der Waals surface area (Å²) in [7, 11) is 0. The molecule has 84 valence electrons. The highest BCUT2D eigenvalue weighted by atomic mass is 16.6. The van der Waals surface area contributed by atoms with Crippen molar-refractivity contribution in [3.05, 3.63) is 34.3 Å². The summed E-state index contributed by atoms with van der Waals surface area (Å²) in [5.41, 5.74) is 6.54. The summed E-state index contributed by atoms with van der Waals surface area (Å²) in [4.78, 5) is 14.4. The van der Waals surface area contributed by atoms with Gasteiger partial charge in [-0.3, -0.25) is 4.40 Å². The van der Waals surface area contributed by atoms with Crippen LogP contribution in [0.25, 0.3) is 5.52 Å². The summed E-state index contributed by atoms with van der Waals surface area (Å²) in [5.74, 6) is 0.641. The maximum atomic E-state index is 10.9. The number of nitrogen functional groups attached to an aromatic ring is 1. The Labute approximate surface area is 91.9 Å². The number of anilines is 1. The van der Waals surface area contributed by atoms with Gasteiger partial charge in [-0.2, -0.15) is 0 Å². The minimum Gasteiger partial charge on any atom is -0.399 e. The Hall–Kier alpha value is -2.11. The molecule has 0 fully saturated rings. The number of hydrogen-bond donors (Lipinski definition) is 1. The van der Waals surface area contributed by atoms with Crippen LogP contribution in [0.3, 0.4) is 0 Å². The molecule has 0 aliphatic heterocycles. The normalized spacial score (nSPS) is 11.2. The van der Waals surface area contributed by atoms with Crippen molar-refractivity contribution in [3.8, 4) is 0 Å². The van der Waals surface area contributed by atoms with Gasteiger partial charge in [0.15, 0.2) is 0 Å². The lowest BCUT2D eigenvalue weighted by Crippen LogP contribution is -1.97. The van der Waals surface area contributed by atoms with Gasteiger partial charge >= 0.3 is 5.82 Å². The highest BCUT2D eigenvalue weighted by Gasteiger charge is 2.23. The fourth-order valence-electron chi connectivity index (χ4n) is 1.65. The van der Waals surface area contributed by atoms with Crippen LogP contribution in [0.4, 0.5) is 11.5 Å². The maximum absolute atomic E-state index is 10.9. The molecule has 0 saturated heterocycles. The number of nitro groups is 1. The highest BCUT2D eigenvalue weighted by Crippen LogP contribution is 2.25. The smallest absolute Gasteiger partial charge is 0.389 e. The summed E-state index contributed by atoms with van der Waals surface area (Å²) in [6, 6.07) is 3.27. The summed E-state index contributed by atoms with van der Waals surface area (Å²) in [5, 5.41) is 10.9. The molecule has 0 amide bonds. The van der Waals surface area contributed by atoms with Crippen LogP contribution in [-0.4, -0.2) is 14.3 Å². The lowest BCUT2D eigenvalue weighted by molar-refractivity contribution is -0.387. The Morgan fingerprint density at radius 2 is 2.25 bits per heavy atom. The molecule has 0 atom stereocenters. The topological polar surface area (TPSA) is 86.5 Å². The Bertz CT molecular complexity index is 559. The van der Waals surface area contributed by atoms with Crippen LogP contribution in [0.15, 0.2) is 18.3 Å². The van der Waals surface area contributed by atoms with Gasteiger partial charge in [-0.1, -0.05) is 13.8 Å². The molecule has 0 aliphatic carbocycles. The van der Waals surface area contributed by atoms with E-state index in [0.29, 0.717) is 17.0 Å². The number of nitrogens with zero attached hydrogens (tertiary/aromatic N) is 3. The molecular weight excluding hydrogens is 208 g/mol. The predicted molar refractivity (Wildman–Crippen MR) is 60.3 cm³/mol. The minimum atomic E-state index is -0.485. The van der Waals surface area contributed by atoms with E-state index in [4.69, 9.17) is 5.73 Å². The van der Waals surface area contributed by atoms with Crippen LogP contribution in [0.2, 0.25) is 0 Å². The van der Waals surface area contributed by atoms with Crippen LogP contribution in [-0.2, 0) is 0 Å². The first kappa shape index (κ1) is 10.4. The molecule has 0 bridgehead atoms. The molecule has 6 nitrogen and oxygen atoms in total. The first-order valence-corrected chi connectivity index (χ1v) is 4.92. The molecule has 0 saturated carbocycles. The molecule has 0 spiro atoms. The zero-order valence-electron chi connectivity index (χ0n) is 9.04. The van der Waals surface area contributed by atoms with Crippen LogP contribution < -0.4 is 5.73 Å². The molecular formula is C10H12N4O2. The average molecular weight is 220 g/mol. The van der Waals surface area contributed by atoms with Crippen molar-refractivity contribution in [3.63, 3.8) is 0 Å². The van der Waals surface area contributed by atoms with E-state index in [1.54, 1.807) is 22.7 Å². The molecule has 16 heavy (non-hydrogen) atoms. The number of hydrogen-bond acceptors (Lipinski definition) is 4. The Balaban J connectivity index is 2.81. The van der Waals surface area contributed by atoms with E-state index in [1.165, 1.54) is 0 Å². The zero-order valence-corrected chi connectivity index (χ0v) is 9.04. The summed E-state index contributed by atoms with van der Waals surface area (Å²) in [6.45, 7) is 3.88. The van der Waals surface area contributed by atoms with Crippen LogP contribution in [0.5, 0.6) is 0 Å². The third-order valence-electron chi connectivity index (χ3n) is 2.36. The minimum absolute atomic E-state index is 0.116. The molecule has 2 heterocycles. The number of pyridine rings is 1. The highest BCUT2D eigenvalue weighted by molar-refractivity contribution is 5.67. The summed E-state index contributed by atoms with van der Waals surface area (Å²) >= 11 is 0. The summed E-state index contributed by atoms with van der Waals surface area (Å²) < 4.78 is 1.71. The van der Waals surface area contributed by atoms with Crippen molar-refractivity contribution in [2.45, 2.75) is 19.8 Å². The van der Waals surface area contributed by atoms with E-state index in [1.807, 2.05) is 13.8 Å². The molecule has 0 aliphatic rings. The molecule has 0 unspecified atom stereocenters. The molecule has 6 heteroatoms. The van der Waals surface area contributed by atoms with Gasteiger partial charge in [0.05, 0.1) is 0 Å². The second-order valence-electron chi connectivity index (χ2n) is 3.92. The van der Waals surface area contributed by atoms with Crippen molar-refractivity contribution in [2.75, 3.05) is 5.73 Å². The van der Waals surface area contributed by atoms with E-state index in [-0.39, 0.29) is 11.7 Å². The van der Waals surface area contributed by atoms with Gasteiger partial charge in [0.25, 0.3) is 0 Å². The van der Waals surface area contributed by atoms with Crippen LogP contribution in [0.1, 0.15) is 25.6 Å². The van der Waals surface area contributed by atoms with E-state index in [9.17, 15) is 10.1 Å². The number of imidazole rings is 1. The van der Waals surface area contributed by atoms with E-state index in [2.05, 4.69) is 4.98 Å². The second-order valence-corrected chi connectivity index (χ2v) is 3.92. The number of nitrogens with two attached hydrogens (primary N) is 1. The largest absolute Gasteiger partial charge is 0.399 e. The van der Waals surface area contributed by atoms with Gasteiger partial charge in [-0.15, -0.1) is 0 Å². The Kier molecular flexibility index (Phi) is 2.26. The van der Waals surface area contributed by atoms with Crippen molar-refractivity contribution >= 4 is 17.0 Å². The Morgan fingerprint density at radius 3 is 2.81 bits per heavy atom. The average Bonchev–Trinajstić information content (AvgIpc) is 2.56. The molecule has 2 rings (SSSR count). The van der Waals surface area contributed by atoms with Gasteiger partial charge in [0.2, 0.25) is 5.82 Å². The van der Waals surface area contributed by atoms with Crippen LogP contribution in [0, 0.1) is 10.1 Å². The third kappa shape index (κ3) is 1.48. The van der Waals surface area contributed by atoms with Gasteiger partial charge in [0.1, 0.15) is 5.52 Å². The predicted octanol–water partition coefficient (Wildman–Crippen LogP) is 1.95. The fraction of sp³-hybridized carbons (Fsp3) is 0.300. The molecule has 2 aromatic rings. The first-order chi connectivity index (χ1) is 7.50. The third-order valence-corrected chi connectivity index (χ3v) is 2.36. The zero-order chi connectivity index (χ0) is 11.9. The lowest BCUT2D eigenvalue weighted by atomic mass is 10.2. The quantitative estimate of drug-likeness (QED) is 0.619. The molecule has 2 aromatic heterocycles. The van der Waals surface area contributed by atoms with E-state index >= 15 is 0 Å². The van der Waals surface area contributed by atoms with Crippen LogP contribution >= 0.6 is 0 Å². The van der Waals surface area contributed by atoms with E-state index < -0.39 is 4.92 Å². The first-order valence-electron chi connectivity index (χ1n) is 4.92. The standard InChI is InChI=1S/C10H12N4O2/c1-6(2)9-12-10(14(15)16)8-5-7(11)3-4-13(8)9/h3-6H,11H2,1-2H3. The van der Waals surface area contributed by atoms with E-state index in [0.717, 1.165) is 0 Å². The van der Waals surface area contributed by atoms with Crippen molar-refractivity contribution < 1.29 is 4.92 Å². The number of fused-ring (bicyclic) bond motifs is 1. The van der Waals surface area contributed by atoms with Gasteiger partial charge in [-0.05, 0) is 22.0 Å². The Morgan fingerprint density at radius 1 is 1.56 bits per heavy atom. The van der Waals surface area contributed by atoms with Crippen molar-refractivity contribution in [2.24, 2.45) is 0 Å². The fourth-order valence-corrected chi connectivity index (χ4v) is 1.65. The van der Waals surface area contributed by atoms with Crippen molar-refractivity contribution in [1.82, 2.24) is 9.38 Å². The monoisotopic (exact) mass is 220 g/mol. The van der Waals surface area contributed by atoms with Crippen molar-refractivity contribution in [1.29, 1.82) is 0 Å². The maximum Gasteiger partial charge on any atom is 0.389 e. The second kappa shape index (κ2) is 3.48. The lowest BCUT2D eigenvalue weighted by Gasteiger charge is -1.99. The van der Waals surface area contributed by atoms with Gasteiger partial charge in [-0.25, -0.2) is 0 Å². The number of rotatable bonds is 2. The van der Waals surface area contributed by atoms with Gasteiger partial charge in [0, 0.05) is 17.8 Å². The van der Waals surface area contributed by atoms with Gasteiger partial charge < -0.3 is 15.8 Å². The number of aromatic nitrogens is 2. The molecule has 0 radical (unpaired) electrons. The molecule has 0 aromatic carbocycles. The summed E-state index contributed by atoms with van der Waals surface area (Å²) in [6.07, 6.45) is 1.71. The SMILES string of the molecule is CC(C)c1nc([N+](=O)[O-])c2cc(N)ccn12.